The Bertz CT molecular complexity index is 1250. The van der Waals surface area contributed by atoms with E-state index in [0.29, 0.717) is 43.2 Å². The van der Waals surface area contributed by atoms with Crippen LogP contribution in [0, 0.1) is 0 Å². The van der Waals surface area contributed by atoms with E-state index in [-0.39, 0.29) is 29.7 Å². The van der Waals surface area contributed by atoms with E-state index in [2.05, 4.69) is 25.7 Å². The van der Waals surface area contributed by atoms with E-state index in [1.54, 1.807) is 0 Å². The second-order valence-electron chi connectivity index (χ2n) is 12.1. The second-order valence-corrected chi connectivity index (χ2v) is 13.4. The molecule has 0 saturated carbocycles. The van der Waals surface area contributed by atoms with Crippen LogP contribution in [0.1, 0.15) is 52.9 Å². The largest absolute Gasteiger partial charge is 0.461 e. The van der Waals surface area contributed by atoms with E-state index in [1.165, 1.54) is 0 Å². The maximum atomic E-state index is 14.3. The highest BCUT2D eigenvalue weighted by Crippen LogP contribution is 2.42. The van der Waals surface area contributed by atoms with Crippen molar-refractivity contribution in [2.24, 2.45) is 0 Å². The minimum Gasteiger partial charge on any atom is -0.461 e. The van der Waals surface area contributed by atoms with Gasteiger partial charge in [0.15, 0.2) is 0 Å². The van der Waals surface area contributed by atoms with Crippen LogP contribution in [0.5, 0.6) is 6.01 Å². The predicted molar refractivity (Wildman–Crippen MR) is 148 cm³/mol. The summed E-state index contributed by atoms with van der Waals surface area (Å²) in [7, 11) is 0. The van der Waals surface area contributed by atoms with Gasteiger partial charge < -0.3 is 14.4 Å². The first kappa shape index (κ1) is 26.3. The number of halogens is 3. The Kier molecular flexibility index (Phi) is 6.67. The number of rotatable bonds is 4. The van der Waals surface area contributed by atoms with Crippen LogP contribution >= 0.6 is 27.5 Å². The normalized spacial score (nSPS) is 29.3. The van der Waals surface area contributed by atoms with Crippen LogP contribution < -0.4 is 9.64 Å². The molecule has 5 heterocycles. The quantitative estimate of drug-likeness (QED) is 0.447. The third kappa shape index (κ3) is 4.70. The molecule has 2 unspecified atom stereocenters. The summed E-state index contributed by atoms with van der Waals surface area (Å²) in [6, 6.07) is 4.19. The van der Waals surface area contributed by atoms with Crippen LogP contribution in [0.3, 0.4) is 0 Å². The highest BCUT2D eigenvalue weighted by Gasteiger charge is 2.49. The van der Waals surface area contributed by atoms with Crippen molar-refractivity contribution in [1.82, 2.24) is 19.8 Å². The van der Waals surface area contributed by atoms with Crippen LogP contribution in [-0.2, 0) is 4.74 Å². The number of piperazine rings is 1. The highest BCUT2D eigenvalue weighted by molar-refractivity contribution is 9.10. The lowest BCUT2D eigenvalue weighted by Crippen LogP contribution is -2.57. The Hall–Kier alpha value is -1.91. The number of aromatic nitrogens is 2. The summed E-state index contributed by atoms with van der Waals surface area (Å²) in [6.07, 6.45) is 3.20. The molecule has 1 aromatic heterocycles. The maximum absolute atomic E-state index is 14.3. The van der Waals surface area contributed by atoms with Gasteiger partial charge in [0.25, 0.3) is 0 Å². The summed E-state index contributed by atoms with van der Waals surface area (Å²) in [5, 5.41) is 1.33. The fourth-order valence-electron chi connectivity index (χ4n) is 6.74. The molecule has 0 aliphatic carbocycles. The number of hydrogen-bond acceptors (Lipinski definition) is 7. The predicted octanol–water partition coefficient (Wildman–Crippen LogP) is 5.59. The van der Waals surface area contributed by atoms with Crippen molar-refractivity contribution in [3.05, 3.63) is 21.6 Å². The number of carbonyl (C=O) groups excluding carboxylic acids is 1. The Balaban J connectivity index is 1.30. The minimum atomic E-state index is -0.825. The molecule has 1 amide bonds. The Morgan fingerprint density at radius 1 is 1.21 bits per heavy atom. The maximum Gasteiger partial charge on any atom is 0.410 e. The van der Waals surface area contributed by atoms with Gasteiger partial charge in [0.2, 0.25) is 0 Å². The Morgan fingerprint density at radius 3 is 2.66 bits per heavy atom. The highest BCUT2D eigenvalue weighted by atomic mass is 79.9. The number of hydrogen-bond donors (Lipinski definition) is 0. The number of carbonyl (C=O) groups is 1. The van der Waals surface area contributed by atoms with E-state index >= 15 is 0 Å². The zero-order chi connectivity index (χ0) is 26.8. The fourth-order valence-corrected chi connectivity index (χ4v) is 7.27. The standard InChI is InChI=1S/C27H34BrClFN5O3/c1-26(2,3)38-25(36)35-17-5-6-18(35)14-33(13-17)23-19-7-8-20(28)21(29)22(19)31-24(32-23)37-15-27-9-4-10-34(27)12-16(30)11-27/h7-8,16-18H,4-6,9-15H2,1-3H3/t16-,17?,18?,27+/m1/s1. The number of alkyl halides is 1. The lowest BCUT2D eigenvalue weighted by molar-refractivity contribution is 0.0122. The SMILES string of the molecule is CC(C)(C)OC(=O)N1C2CCC1CN(c1nc(OC[C@@]34CCCN3C[C@H](F)C4)nc3c(Cl)c(Br)ccc13)C2. The molecule has 0 N–H and O–H groups in total. The van der Waals surface area contributed by atoms with E-state index in [4.69, 9.17) is 31.0 Å². The molecule has 38 heavy (non-hydrogen) atoms. The number of amides is 1. The molecule has 0 spiro atoms. The molecular formula is C27H34BrClFN5O3. The van der Waals surface area contributed by atoms with Gasteiger partial charge in [0.1, 0.15) is 24.2 Å². The molecule has 2 bridgehead atoms. The lowest BCUT2D eigenvalue weighted by atomic mass is 9.95. The van der Waals surface area contributed by atoms with Gasteiger partial charge in [-0.15, -0.1) is 0 Å². The molecule has 4 aliphatic heterocycles. The van der Waals surface area contributed by atoms with E-state index in [0.717, 1.165) is 47.9 Å². The van der Waals surface area contributed by atoms with E-state index in [1.807, 2.05) is 37.8 Å². The van der Waals surface area contributed by atoms with Gasteiger partial charge >= 0.3 is 12.1 Å². The van der Waals surface area contributed by atoms with Gasteiger partial charge in [-0.3, -0.25) is 9.80 Å². The molecular weight excluding hydrogens is 577 g/mol. The number of nitrogens with zero attached hydrogens (tertiary/aromatic N) is 5. The Morgan fingerprint density at radius 2 is 1.95 bits per heavy atom. The zero-order valence-corrected chi connectivity index (χ0v) is 24.4. The van der Waals surface area contributed by atoms with Gasteiger partial charge in [0.05, 0.1) is 28.2 Å². The molecule has 1 aromatic carbocycles. The summed E-state index contributed by atoms with van der Waals surface area (Å²) >= 11 is 10.2. The molecule has 4 atom stereocenters. The lowest BCUT2D eigenvalue weighted by Gasteiger charge is -2.42. The fraction of sp³-hybridized carbons (Fsp3) is 0.667. The molecule has 4 saturated heterocycles. The van der Waals surface area contributed by atoms with E-state index in [9.17, 15) is 9.18 Å². The first-order chi connectivity index (χ1) is 18.0. The van der Waals surface area contributed by atoms with Crippen molar-refractivity contribution in [3.8, 4) is 6.01 Å². The average molecular weight is 611 g/mol. The first-order valence-corrected chi connectivity index (χ1v) is 14.6. The third-order valence-electron chi connectivity index (χ3n) is 8.34. The van der Waals surface area contributed by atoms with Gasteiger partial charge in [-0.05, 0) is 81.1 Å². The summed E-state index contributed by atoms with van der Waals surface area (Å²) in [4.78, 5) is 28.9. The smallest absolute Gasteiger partial charge is 0.410 e. The number of fused-ring (bicyclic) bond motifs is 4. The van der Waals surface area contributed by atoms with Crippen LogP contribution in [0.25, 0.3) is 10.9 Å². The molecule has 6 rings (SSSR count). The summed E-state index contributed by atoms with van der Waals surface area (Å²) < 4.78 is 27.0. The van der Waals surface area contributed by atoms with Crippen LogP contribution in [0.4, 0.5) is 15.0 Å². The van der Waals surface area contributed by atoms with Crippen LogP contribution in [0.15, 0.2) is 16.6 Å². The van der Waals surface area contributed by atoms with Gasteiger partial charge in [-0.2, -0.15) is 9.97 Å². The topological polar surface area (TPSA) is 71.0 Å². The van der Waals surface area contributed by atoms with Gasteiger partial charge in [0, 0.05) is 35.9 Å². The number of benzene rings is 1. The van der Waals surface area contributed by atoms with Gasteiger partial charge in [-0.1, -0.05) is 11.6 Å². The van der Waals surface area contributed by atoms with Crippen molar-refractivity contribution in [1.29, 1.82) is 0 Å². The Labute approximate surface area is 235 Å². The molecule has 4 aliphatic rings. The van der Waals surface area contributed by atoms with Gasteiger partial charge in [-0.25, -0.2) is 9.18 Å². The van der Waals surface area contributed by atoms with Crippen LogP contribution in [0.2, 0.25) is 5.02 Å². The zero-order valence-electron chi connectivity index (χ0n) is 22.1. The molecule has 11 heteroatoms. The van der Waals surface area contributed by atoms with Crippen molar-refractivity contribution in [2.45, 2.75) is 82.3 Å². The molecule has 0 radical (unpaired) electrons. The number of ether oxygens (including phenoxy) is 2. The summed E-state index contributed by atoms with van der Waals surface area (Å²) in [6.45, 7) is 8.66. The first-order valence-electron chi connectivity index (χ1n) is 13.5. The summed E-state index contributed by atoms with van der Waals surface area (Å²) in [5.41, 5.74) is -0.224. The van der Waals surface area contributed by atoms with Crippen molar-refractivity contribution in [2.75, 3.05) is 37.7 Å². The molecule has 8 nitrogen and oxygen atoms in total. The monoisotopic (exact) mass is 609 g/mol. The van der Waals surface area contributed by atoms with E-state index < -0.39 is 11.8 Å². The third-order valence-corrected chi connectivity index (χ3v) is 9.61. The van der Waals surface area contributed by atoms with Crippen molar-refractivity contribution < 1.29 is 18.7 Å². The molecule has 4 fully saturated rings. The summed E-state index contributed by atoms with van der Waals surface area (Å²) in [5.74, 6) is 0.746. The molecule has 206 valence electrons. The van der Waals surface area contributed by atoms with Crippen molar-refractivity contribution >= 4 is 50.3 Å². The van der Waals surface area contributed by atoms with Crippen molar-refractivity contribution in [3.63, 3.8) is 0 Å². The molecule has 2 aromatic rings. The number of anilines is 1. The second kappa shape index (κ2) is 9.63. The minimum absolute atomic E-state index is 0.0369. The van der Waals surface area contributed by atoms with Crippen LogP contribution in [-0.4, -0.2) is 88.0 Å². The average Bonchev–Trinajstić information content (AvgIpc) is 3.46.